The van der Waals surface area contributed by atoms with Gasteiger partial charge in [0.1, 0.15) is 5.69 Å². The fraction of sp³-hybridized carbons (Fsp3) is 0.550. The molecule has 0 saturated carbocycles. The van der Waals surface area contributed by atoms with Crippen LogP contribution in [0.2, 0.25) is 46.6 Å². The van der Waals surface area contributed by atoms with Crippen molar-refractivity contribution in [3.05, 3.63) is 65.8 Å². The lowest BCUT2D eigenvalue weighted by molar-refractivity contribution is -0.384. The molecule has 0 unspecified atom stereocenters. The van der Waals surface area contributed by atoms with Crippen molar-refractivity contribution in [2.45, 2.75) is 118 Å². The molecular weight excluding hydrogens is 915 g/mol. The van der Waals surface area contributed by atoms with Gasteiger partial charge in [-0.2, -0.15) is 0 Å². The maximum atomic E-state index is 11.5. The van der Waals surface area contributed by atoms with Crippen molar-refractivity contribution in [2.75, 3.05) is 42.7 Å². The molecule has 2 aromatic heterocycles. The van der Waals surface area contributed by atoms with Gasteiger partial charge in [0.2, 0.25) is 5.15 Å². The molecule has 0 radical (unpaired) electrons. The van der Waals surface area contributed by atoms with E-state index < -0.39 is 21.6 Å². The molecule has 2 aromatic carbocycles. The van der Waals surface area contributed by atoms with Gasteiger partial charge < -0.3 is 25.2 Å². The number of halogens is 4. The van der Waals surface area contributed by atoms with Crippen molar-refractivity contribution in [1.82, 2.24) is 9.97 Å². The van der Waals surface area contributed by atoms with Gasteiger partial charge in [0.25, 0.3) is 0 Å². The molecule has 0 aliphatic heterocycles. The highest BCUT2D eigenvalue weighted by atomic mass is 79.9. The lowest BCUT2D eigenvalue weighted by Gasteiger charge is -2.36. The highest BCUT2D eigenvalue weighted by Gasteiger charge is 2.37. The molecule has 0 aliphatic rings. The topological polar surface area (TPSA) is 137 Å². The van der Waals surface area contributed by atoms with Gasteiger partial charge >= 0.3 is 5.69 Å². The number of nitrogens with two attached hydrogens (primary N) is 1. The number of hydrogen-bond acceptors (Lipinski definition) is 9. The fourth-order valence-corrected chi connectivity index (χ4v) is 8.26. The van der Waals surface area contributed by atoms with Crippen LogP contribution in [-0.2, 0) is 8.85 Å². The van der Waals surface area contributed by atoms with Crippen LogP contribution >= 0.6 is 55.1 Å². The standard InChI is InChI=1S/C19H27BrClN3O3Si.C19H29BrClN3OSi.2CH4/c1-19(2,3)28(4,5)27-11-7-6-10-22-16-14-12-13(20)8-9-15(14)23-18(21)17(16)24(25)26;1-19(2,3)26(4,5)25-11-7-6-10-23-17-14-12-13(20)8-9-15(14)24-18(21)16(17)22;;/h8-9,12H,6-7,10-11H2,1-5H3,(H,22,23);8-9,12H,6-7,10-11,22H2,1-5H3,(H,23,24);2*1H4. The smallest absolute Gasteiger partial charge is 0.329 e. The first kappa shape index (κ1) is 52.0. The monoisotopic (exact) mass is 976 g/mol. The first-order chi connectivity index (χ1) is 25.0. The van der Waals surface area contributed by atoms with Crippen LogP contribution in [0.4, 0.5) is 22.7 Å². The Balaban J connectivity index is 0.000000542. The van der Waals surface area contributed by atoms with E-state index in [-0.39, 0.29) is 35.8 Å². The van der Waals surface area contributed by atoms with Crippen molar-refractivity contribution in [2.24, 2.45) is 0 Å². The van der Waals surface area contributed by atoms with Gasteiger partial charge in [-0.3, -0.25) is 10.1 Å². The molecule has 0 atom stereocenters. The number of anilines is 3. The molecule has 314 valence electrons. The molecule has 56 heavy (non-hydrogen) atoms. The van der Waals surface area contributed by atoms with E-state index in [1.807, 2.05) is 30.3 Å². The molecule has 0 bridgehead atoms. The summed E-state index contributed by atoms with van der Waals surface area (Å²) in [5.74, 6) is 0. The van der Waals surface area contributed by atoms with E-state index in [2.05, 4.69) is 120 Å². The molecule has 0 aliphatic carbocycles. The van der Waals surface area contributed by atoms with E-state index in [0.717, 1.165) is 64.4 Å². The van der Waals surface area contributed by atoms with Crippen LogP contribution in [0.5, 0.6) is 0 Å². The van der Waals surface area contributed by atoms with Crippen molar-refractivity contribution >= 4 is 116 Å². The molecule has 4 N–H and O–H groups in total. The molecule has 0 fully saturated rings. The lowest BCUT2D eigenvalue weighted by atomic mass is 10.1. The van der Waals surface area contributed by atoms with Gasteiger partial charge in [-0.25, -0.2) is 9.97 Å². The third-order valence-electron chi connectivity index (χ3n) is 10.3. The van der Waals surface area contributed by atoms with E-state index in [0.29, 0.717) is 40.6 Å². The van der Waals surface area contributed by atoms with E-state index in [4.69, 9.17) is 37.8 Å². The summed E-state index contributed by atoms with van der Waals surface area (Å²) in [5.41, 5.74) is 9.16. The maximum Gasteiger partial charge on any atom is 0.329 e. The fourth-order valence-electron chi connectivity index (χ4n) is 4.92. The zero-order chi connectivity index (χ0) is 40.6. The van der Waals surface area contributed by atoms with Crippen LogP contribution in [0.15, 0.2) is 45.3 Å². The van der Waals surface area contributed by atoms with Crippen LogP contribution in [-0.4, -0.2) is 57.8 Å². The zero-order valence-electron chi connectivity index (χ0n) is 33.2. The second kappa shape index (κ2) is 21.8. The van der Waals surface area contributed by atoms with Crippen LogP contribution in [0.25, 0.3) is 21.8 Å². The maximum absolute atomic E-state index is 11.5. The summed E-state index contributed by atoms with van der Waals surface area (Å²) in [6.07, 6.45) is 3.73. The Morgan fingerprint density at radius 1 is 0.732 bits per heavy atom. The first-order valence-electron chi connectivity index (χ1n) is 18.2. The SMILES string of the molecule is C.C.CC(C)(C)[Si](C)(C)OCCCCNc1c(N)c(Cl)nc2ccc(Br)cc12.CC(C)(C)[Si](C)(C)OCCCCNc1c([N+](=O)[O-])c(Cl)nc2ccc(Br)cc12. The molecule has 16 heteroatoms. The Bertz CT molecular complexity index is 1920. The number of benzene rings is 2. The quantitative estimate of drug-likeness (QED) is 0.0349. The summed E-state index contributed by atoms with van der Waals surface area (Å²) in [5, 5.41) is 20.5. The highest BCUT2D eigenvalue weighted by molar-refractivity contribution is 9.10. The molecule has 4 rings (SSSR count). The third kappa shape index (κ3) is 14.1. The summed E-state index contributed by atoms with van der Waals surface area (Å²) >= 11 is 19.2. The van der Waals surface area contributed by atoms with Crippen molar-refractivity contribution in [1.29, 1.82) is 0 Å². The van der Waals surface area contributed by atoms with Crippen molar-refractivity contribution < 1.29 is 13.8 Å². The summed E-state index contributed by atoms with van der Waals surface area (Å²) in [4.78, 5) is 19.5. The largest absolute Gasteiger partial charge is 0.417 e. The number of pyridine rings is 2. The van der Waals surface area contributed by atoms with Crippen LogP contribution in [0, 0.1) is 10.1 Å². The second-order valence-electron chi connectivity index (χ2n) is 16.4. The van der Waals surface area contributed by atoms with Crippen molar-refractivity contribution in [3.8, 4) is 0 Å². The van der Waals surface area contributed by atoms with Gasteiger partial charge in [-0.15, -0.1) is 0 Å². The second-order valence-corrected chi connectivity index (χ2v) is 28.5. The number of nitrogen functional groups attached to an aromatic ring is 1. The molecule has 4 aromatic rings. The first-order valence-corrected chi connectivity index (χ1v) is 26.4. The average molecular weight is 980 g/mol. The minimum absolute atomic E-state index is 0. The van der Waals surface area contributed by atoms with E-state index in [9.17, 15) is 10.1 Å². The van der Waals surface area contributed by atoms with Gasteiger partial charge in [0.05, 0.1) is 27.3 Å². The third-order valence-corrected chi connectivity index (χ3v) is 20.9. The number of rotatable bonds is 15. The zero-order valence-corrected chi connectivity index (χ0v) is 39.9. The summed E-state index contributed by atoms with van der Waals surface area (Å²) in [7, 11) is -3.40. The van der Waals surface area contributed by atoms with Gasteiger partial charge in [0, 0.05) is 46.0 Å². The van der Waals surface area contributed by atoms with Gasteiger partial charge in [0.15, 0.2) is 21.8 Å². The number of nitrogens with one attached hydrogen (secondary N) is 2. The molecular formula is C40H64Br2Cl2N6O4Si2. The summed E-state index contributed by atoms with van der Waals surface area (Å²) < 4.78 is 14.2. The van der Waals surface area contributed by atoms with Crippen LogP contribution < -0.4 is 16.4 Å². The summed E-state index contributed by atoms with van der Waals surface area (Å²) in [6.45, 7) is 25.4. The minimum Gasteiger partial charge on any atom is -0.417 e. The summed E-state index contributed by atoms with van der Waals surface area (Å²) in [6, 6.07) is 11.3. The number of unbranched alkanes of at least 4 members (excludes halogenated alkanes) is 2. The highest BCUT2D eigenvalue weighted by Crippen LogP contribution is 2.40. The minimum atomic E-state index is -1.74. The Labute approximate surface area is 364 Å². The van der Waals surface area contributed by atoms with Gasteiger partial charge in [-0.1, -0.05) is 111 Å². The van der Waals surface area contributed by atoms with E-state index in [1.54, 1.807) is 6.07 Å². The lowest BCUT2D eigenvalue weighted by Crippen LogP contribution is -2.41. The van der Waals surface area contributed by atoms with Crippen LogP contribution in [0.1, 0.15) is 82.1 Å². The number of nitro groups is 1. The Kier molecular flexibility index (Phi) is 20.2. The predicted octanol–water partition coefficient (Wildman–Crippen LogP) is 14.5. The Morgan fingerprint density at radius 2 is 1.12 bits per heavy atom. The van der Waals surface area contributed by atoms with Crippen molar-refractivity contribution in [3.63, 3.8) is 0 Å². The number of fused-ring (bicyclic) bond motifs is 2. The average Bonchev–Trinajstić information content (AvgIpc) is 3.05. The van der Waals surface area contributed by atoms with E-state index >= 15 is 0 Å². The number of aromatic nitrogens is 2. The Morgan fingerprint density at radius 3 is 1.54 bits per heavy atom. The predicted molar refractivity (Wildman–Crippen MR) is 255 cm³/mol. The molecule has 0 amide bonds. The number of hydrogen-bond donors (Lipinski definition) is 3. The van der Waals surface area contributed by atoms with Gasteiger partial charge in [-0.05, 0) is 98.3 Å². The van der Waals surface area contributed by atoms with E-state index in [1.165, 1.54) is 0 Å². The molecule has 2 heterocycles. The normalized spacial score (nSPS) is 12.0. The van der Waals surface area contributed by atoms with Crippen LogP contribution in [0.3, 0.4) is 0 Å². The Hall–Kier alpha value is -2.05. The molecule has 0 saturated heterocycles. The number of nitrogens with zero attached hydrogens (tertiary/aromatic N) is 3. The molecule has 0 spiro atoms. The molecule has 10 nitrogen and oxygen atoms in total.